The summed E-state index contributed by atoms with van der Waals surface area (Å²) in [7, 11) is 0. The van der Waals surface area contributed by atoms with Gasteiger partial charge in [-0.1, -0.05) is 6.92 Å². The minimum Gasteiger partial charge on any atom is -0.478 e. The van der Waals surface area contributed by atoms with Crippen LogP contribution in [-0.2, 0) is 0 Å². The van der Waals surface area contributed by atoms with Gasteiger partial charge in [0.2, 0.25) is 5.91 Å². The first-order valence-corrected chi connectivity index (χ1v) is 6.02. The molecule has 0 radical (unpaired) electrons. The maximum Gasteiger partial charge on any atom is 0.336 e. The highest BCUT2D eigenvalue weighted by Crippen LogP contribution is 2.18. The summed E-state index contributed by atoms with van der Waals surface area (Å²) in [5.74, 6) is -4.76. The molecule has 1 aromatic carbocycles. The maximum absolute atomic E-state index is 11.9. The van der Waals surface area contributed by atoms with E-state index in [0.29, 0.717) is 13.0 Å². The van der Waals surface area contributed by atoms with Gasteiger partial charge in [0, 0.05) is 6.54 Å². The van der Waals surface area contributed by atoms with Crippen molar-refractivity contribution in [3.63, 3.8) is 0 Å². The van der Waals surface area contributed by atoms with Gasteiger partial charge in [0.1, 0.15) is 0 Å². The lowest BCUT2D eigenvalue weighted by Gasteiger charge is -2.10. The quantitative estimate of drug-likeness (QED) is 0.594. The standard InChI is InChI=1S/C13H14N2O6/c1-2-3-15-11(17)7-5-8(12(18)19)6(10(14)16)4-9(7)13(20)21/h4-5H,2-3H2,1H3,(H2,14,16)(H,15,17)(H,18,19)(H,20,21). The fourth-order valence-electron chi connectivity index (χ4n) is 1.68. The normalized spacial score (nSPS) is 9.95. The third-order valence-corrected chi connectivity index (χ3v) is 2.66. The number of nitrogens with one attached hydrogen (secondary N) is 1. The Morgan fingerprint density at radius 1 is 1.00 bits per heavy atom. The molecule has 0 atom stereocenters. The number of carbonyl (C=O) groups is 4. The summed E-state index contributed by atoms with van der Waals surface area (Å²) in [4.78, 5) is 45.4. The highest BCUT2D eigenvalue weighted by Gasteiger charge is 2.24. The number of hydrogen-bond acceptors (Lipinski definition) is 4. The van der Waals surface area contributed by atoms with Crippen molar-refractivity contribution in [3.8, 4) is 0 Å². The molecule has 0 aromatic heterocycles. The third kappa shape index (κ3) is 3.56. The van der Waals surface area contributed by atoms with Crippen LogP contribution >= 0.6 is 0 Å². The van der Waals surface area contributed by atoms with Gasteiger partial charge in [-0.3, -0.25) is 9.59 Å². The minimum absolute atomic E-state index is 0.303. The average Bonchev–Trinajstić information content (AvgIpc) is 2.42. The Labute approximate surface area is 119 Å². The summed E-state index contributed by atoms with van der Waals surface area (Å²) in [6, 6.07) is 1.64. The van der Waals surface area contributed by atoms with E-state index in [0.717, 1.165) is 12.1 Å². The van der Waals surface area contributed by atoms with Crippen LogP contribution in [0.3, 0.4) is 0 Å². The first-order chi connectivity index (χ1) is 9.79. The lowest BCUT2D eigenvalue weighted by molar-refractivity contribution is 0.0676. The van der Waals surface area contributed by atoms with E-state index in [1.165, 1.54) is 0 Å². The molecule has 8 nitrogen and oxygen atoms in total. The highest BCUT2D eigenvalue weighted by atomic mass is 16.4. The average molecular weight is 294 g/mol. The molecule has 0 aliphatic rings. The predicted molar refractivity (Wildman–Crippen MR) is 71.5 cm³/mol. The molecule has 0 unspecified atom stereocenters. The zero-order valence-corrected chi connectivity index (χ0v) is 11.2. The summed E-state index contributed by atoms with van der Waals surface area (Å²) >= 11 is 0. The number of aromatic carboxylic acids is 2. The number of primary amides is 1. The van der Waals surface area contributed by atoms with Gasteiger partial charge in [-0.2, -0.15) is 0 Å². The molecular formula is C13H14N2O6. The molecule has 8 heteroatoms. The van der Waals surface area contributed by atoms with Gasteiger partial charge in [0.05, 0.1) is 22.3 Å². The Balaban J connectivity index is 3.51. The second kappa shape index (κ2) is 6.51. The van der Waals surface area contributed by atoms with Crippen molar-refractivity contribution in [2.45, 2.75) is 13.3 Å². The number of nitrogens with two attached hydrogens (primary N) is 1. The number of carbonyl (C=O) groups excluding carboxylic acids is 2. The largest absolute Gasteiger partial charge is 0.478 e. The maximum atomic E-state index is 11.9. The van der Waals surface area contributed by atoms with Crippen LogP contribution in [0.5, 0.6) is 0 Å². The summed E-state index contributed by atoms with van der Waals surface area (Å²) in [5.41, 5.74) is 3.23. The van der Waals surface area contributed by atoms with Crippen LogP contribution in [-0.4, -0.2) is 40.5 Å². The van der Waals surface area contributed by atoms with Crippen LogP contribution in [0.25, 0.3) is 0 Å². The number of carboxylic acid groups (broad SMARTS) is 2. The number of carboxylic acids is 2. The molecule has 0 fully saturated rings. The number of rotatable bonds is 6. The SMILES string of the molecule is CCCNC(=O)c1cc(C(=O)O)c(C(N)=O)cc1C(=O)O. The van der Waals surface area contributed by atoms with Crippen LogP contribution in [0, 0.1) is 0 Å². The molecule has 21 heavy (non-hydrogen) atoms. The van der Waals surface area contributed by atoms with Crippen LogP contribution in [0.4, 0.5) is 0 Å². The van der Waals surface area contributed by atoms with Gasteiger partial charge in [-0.05, 0) is 18.6 Å². The molecule has 112 valence electrons. The first-order valence-electron chi connectivity index (χ1n) is 6.02. The van der Waals surface area contributed by atoms with Crippen LogP contribution in [0.1, 0.15) is 54.8 Å². The molecule has 1 rings (SSSR count). The lowest BCUT2D eigenvalue weighted by atomic mass is 9.97. The molecule has 0 spiro atoms. The van der Waals surface area contributed by atoms with Gasteiger partial charge in [0.25, 0.3) is 5.91 Å². The van der Waals surface area contributed by atoms with Crippen molar-refractivity contribution in [1.29, 1.82) is 0 Å². The van der Waals surface area contributed by atoms with Crippen LogP contribution in [0.15, 0.2) is 12.1 Å². The van der Waals surface area contributed by atoms with Crippen LogP contribution in [0.2, 0.25) is 0 Å². The Hall–Kier alpha value is -2.90. The van der Waals surface area contributed by atoms with Crippen molar-refractivity contribution >= 4 is 23.8 Å². The van der Waals surface area contributed by atoms with Gasteiger partial charge in [0.15, 0.2) is 0 Å². The summed E-state index contributed by atoms with van der Waals surface area (Å²) in [6.45, 7) is 2.11. The van der Waals surface area contributed by atoms with Crippen molar-refractivity contribution in [2.24, 2.45) is 5.73 Å². The third-order valence-electron chi connectivity index (χ3n) is 2.66. The van der Waals surface area contributed by atoms with Gasteiger partial charge >= 0.3 is 11.9 Å². The van der Waals surface area contributed by atoms with Crippen LogP contribution < -0.4 is 11.1 Å². The Bertz CT molecular complexity index is 623. The molecule has 0 aliphatic carbocycles. The number of benzene rings is 1. The first kappa shape index (κ1) is 16.2. The van der Waals surface area contributed by atoms with Gasteiger partial charge in [-0.15, -0.1) is 0 Å². The molecule has 0 bridgehead atoms. The van der Waals surface area contributed by atoms with E-state index in [4.69, 9.17) is 15.9 Å². The smallest absolute Gasteiger partial charge is 0.336 e. The van der Waals surface area contributed by atoms with E-state index < -0.39 is 40.4 Å². The molecule has 0 saturated heterocycles. The topological polar surface area (TPSA) is 147 Å². The fourth-order valence-corrected chi connectivity index (χ4v) is 1.68. The molecular weight excluding hydrogens is 280 g/mol. The fraction of sp³-hybridized carbons (Fsp3) is 0.231. The van der Waals surface area contributed by atoms with E-state index in [9.17, 15) is 19.2 Å². The Morgan fingerprint density at radius 2 is 1.48 bits per heavy atom. The predicted octanol–water partition coefficient (Wildman–Crippen LogP) is 0.322. The number of hydrogen-bond donors (Lipinski definition) is 4. The molecule has 1 aromatic rings. The van der Waals surface area contributed by atoms with Crippen molar-refractivity contribution < 1.29 is 29.4 Å². The van der Waals surface area contributed by atoms with Crippen molar-refractivity contribution in [1.82, 2.24) is 5.32 Å². The Kier molecular flexibility index (Phi) is 5.01. The molecule has 0 saturated carbocycles. The second-order valence-electron chi connectivity index (χ2n) is 4.17. The molecule has 2 amide bonds. The lowest BCUT2D eigenvalue weighted by Crippen LogP contribution is -2.27. The van der Waals surface area contributed by atoms with E-state index in [-0.39, 0.29) is 5.56 Å². The summed E-state index contributed by atoms with van der Waals surface area (Å²) < 4.78 is 0. The van der Waals surface area contributed by atoms with Gasteiger partial charge in [-0.25, -0.2) is 9.59 Å². The van der Waals surface area contributed by atoms with E-state index in [1.807, 2.05) is 0 Å². The Morgan fingerprint density at radius 3 is 1.90 bits per heavy atom. The highest BCUT2D eigenvalue weighted by molar-refractivity contribution is 6.11. The van der Waals surface area contributed by atoms with Crippen molar-refractivity contribution in [3.05, 3.63) is 34.4 Å². The second-order valence-corrected chi connectivity index (χ2v) is 4.17. The summed E-state index contributed by atoms with van der Waals surface area (Å²) in [5, 5.41) is 20.6. The van der Waals surface area contributed by atoms with E-state index in [2.05, 4.69) is 5.32 Å². The zero-order chi connectivity index (χ0) is 16.2. The monoisotopic (exact) mass is 294 g/mol. The zero-order valence-electron chi connectivity index (χ0n) is 11.2. The molecule has 0 aliphatic heterocycles. The number of amides is 2. The minimum atomic E-state index is -1.48. The van der Waals surface area contributed by atoms with E-state index >= 15 is 0 Å². The van der Waals surface area contributed by atoms with Crippen molar-refractivity contribution in [2.75, 3.05) is 6.54 Å². The molecule has 5 N–H and O–H groups in total. The van der Waals surface area contributed by atoms with E-state index in [1.54, 1.807) is 6.92 Å². The van der Waals surface area contributed by atoms with Gasteiger partial charge < -0.3 is 21.3 Å². The molecule has 0 heterocycles. The summed E-state index contributed by atoms with van der Waals surface area (Å²) in [6.07, 6.45) is 0.624.